The second kappa shape index (κ2) is 19.7. The SMILES string of the molecule is C=C(O)C(Cc1ccccc1)NC(=S)C(C)C(OC)C1CCCN1C(=O)CC(OC)C(C(C)CC)N(C)C(=O)C(CC(=O)C(C)(C)N)C(C)C. The Morgan fingerprint density at radius 1 is 1.12 bits per heavy atom. The van der Waals surface area contributed by atoms with Crippen LogP contribution in [0.25, 0.3) is 0 Å². The first-order valence-electron chi connectivity index (χ1n) is 18.0. The second-order valence-electron chi connectivity index (χ2n) is 15.0. The molecule has 282 valence electrons. The first-order valence-corrected chi connectivity index (χ1v) is 18.5. The van der Waals surface area contributed by atoms with Gasteiger partial charge in [-0.1, -0.05) is 90.2 Å². The molecule has 1 heterocycles. The van der Waals surface area contributed by atoms with E-state index in [-0.39, 0.29) is 60.0 Å². The summed E-state index contributed by atoms with van der Waals surface area (Å²) in [5.41, 5.74) is 6.09. The van der Waals surface area contributed by atoms with Crippen LogP contribution >= 0.6 is 12.2 Å². The molecule has 1 aliphatic rings. The molecule has 0 spiro atoms. The number of nitrogens with zero attached hydrogens (tertiary/aromatic N) is 2. The van der Waals surface area contributed by atoms with E-state index in [1.54, 1.807) is 40.0 Å². The first-order chi connectivity index (χ1) is 23.4. The van der Waals surface area contributed by atoms with Crippen LogP contribution in [-0.2, 0) is 30.3 Å². The number of Topliss-reactive ketones (excluding diaryl/α,β-unsaturated/α-hetero) is 1. The lowest BCUT2D eigenvalue weighted by Crippen LogP contribution is -2.54. The third-order valence-corrected chi connectivity index (χ3v) is 11.0. The van der Waals surface area contributed by atoms with Crippen molar-refractivity contribution < 1.29 is 29.0 Å². The lowest BCUT2D eigenvalue weighted by molar-refractivity contribution is -0.148. The van der Waals surface area contributed by atoms with Crippen molar-refractivity contribution in [1.29, 1.82) is 0 Å². The number of hydrogen-bond donors (Lipinski definition) is 3. The molecule has 50 heavy (non-hydrogen) atoms. The molecule has 8 unspecified atom stereocenters. The average molecular weight is 717 g/mol. The van der Waals surface area contributed by atoms with Gasteiger partial charge in [0.25, 0.3) is 0 Å². The van der Waals surface area contributed by atoms with Gasteiger partial charge in [-0.15, -0.1) is 0 Å². The van der Waals surface area contributed by atoms with Gasteiger partial charge >= 0.3 is 0 Å². The standard InChI is InChI=1S/C39H64N4O6S/c1-12-25(4)35(42(9)38(47)29(24(2)3)22-33(45)39(7,8)40)32(48-10)23-34(46)43-20-16-19-31(43)36(49-11)26(5)37(50)41-30(27(6)44)21-28-17-14-13-15-18-28/h13-15,17-18,24-26,29-32,35-36,44H,6,12,16,19-23,40H2,1-5,7-11H3,(H,41,50). The molecule has 0 saturated carbocycles. The molecular weight excluding hydrogens is 653 g/mol. The molecular formula is C39H64N4O6S. The van der Waals surface area contributed by atoms with E-state index in [0.717, 1.165) is 24.8 Å². The third kappa shape index (κ3) is 11.6. The van der Waals surface area contributed by atoms with Crippen molar-refractivity contribution in [2.24, 2.45) is 29.4 Å². The number of aliphatic hydroxyl groups is 1. The largest absolute Gasteiger partial charge is 0.511 e. The van der Waals surface area contributed by atoms with Crippen LogP contribution in [0.3, 0.4) is 0 Å². The molecule has 1 fully saturated rings. The van der Waals surface area contributed by atoms with E-state index in [1.165, 1.54) is 0 Å². The topological polar surface area (TPSA) is 134 Å². The number of hydrogen-bond acceptors (Lipinski definition) is 8. The van der Waals surface area contributed by atoms with E-state index >= 15 is 0 Å². The van der Waals surface area contributed by atoms with Gasteiger partial charge in [-0.25, -0.2) is 0 Å². The fourth-order valence-electron chi connectivity index (χ4n) is 7.04. The number of nitrogens with one attached hydrogen (secondary N) is 1. The van der Waals surface area contributed by atoms with Crippen LogP contribution in [0.1, 0.15) is 86.1 Å². The molecule has 0 bridgehead atoms. The van der Waals surface area contributed by atoms with Gasteiger partial charge in [-0.05, 0) is 50.5 Å². The van der Waals surface area contributed by atoms with Crippen LogP contribution in [0.2, 0.25) is 0 Å². The molecule has 2 amide bonds. The van der Waals surface area contributed by atoms with Gasteiger partial charge in [0.2, 0.25) is 11.8 Å². The van der Waals surface area contributed by atoms with Crippen molar-refractivity contribution in [2.75, 3.05) is 27.8 Å². The molecule has 1 aromatic carbocycles. The van der Waals surface area contributed by atoms with Gasteiger partial charge in [-0.2, -0.15) is 0 Å². The van der Waals surface area contributed by atoms with Crippen molar-refractivity contribution >= 4 is 34.8 Å². The highest BCUT2D eigenvalue weighted by Crippen LogP contribution is 2.31. The Hall–Kier alpha value is -2.86. The predicted octanol–water partition coefficient (Wildman–Crippen LogP) is 5.48. The van der Waals surface area contributed by atoms with Gasteiger partial charge in [-0.3, -0.25) is 14.4 Å². The van der Waals surface area contributed by atoms with Crippen LogP contribution in [0.15, 0.2) is 42.7 Å². The maximum absolute atomic E-state index is 14.1. The fraction of sp³-hybridized carbons (Fsp3) is 0.692. The molecule has 1 saturated heterocycles. The smallest absolute Gasteiger partial charge is 0.226 e. The maximum atomic E-state index is 14.1. The zero-order valence-corrected chi connectivity index (χ0v) is 32.9. The van der Waals surface area contributed by atoms with Crippen molar-refractivity contribution in [1.82, 2.24) is 15.1 Å². The van der Waals surface area contributed by atoms with Gasteiger partial charge in [0.15, 0.2) is 5.78 Å². The third-order valence-electron chi connectivity index (χ3n) is 10.5. The molecule has 1 aliphatic heterocycles. The summed E-state index contributed by atoms with van der Waals surface area (Å²) in [5.74, 6) is -1.28. The van der Waals surface area contributed by atoms with E-state index in [2.05, 4.69) is 25.7 Å². The van der Waals surface area contributed by atoms with E-state index in [0.29, 0.717) is 18.0 Å². The number of thiocarbonyl (C=S) groups is 1. The summed E-state index contributed by atoms with van der Waals surface area (Å²) in [6.07, 6.45) is 2.02. The summed E-state index contributed by atoms with van der Waals surface area (Å²) < 4.78 is 12.1. The van der Waals surface area contributed by atoms with Crippen molar-refractivity contribution in [3.8, 4) is 0 Å². The van der Waals surface area contributed by atoms with Crippen molar-refractivity contribution in [2.45, 2.75) is 123 Å². The Morgan fingerprint density at radius 2 is 1.74 bits per heavy atom. The van der Waals surface area contributed by atoms with Gasteiger partial charge < -0.3 is 35.4 Å². The van der Waals surface area contributed by atoms with Crippen LogP contribution in [0.5, 0.6) is 0 Å². The molecule has 2 rings (SSSR count). The number of nitrogens with two attached hydrogens (primary N) is 1. The Morgan fingerprint density at radius 3 is 2.24 bits per heavy atom. The van der Waals surface area contributed by atoms with Gasteiger partial charge in [0.05, 0.1) is 47.3 Å². The quantitative estimate of drug-likeness (QED) is 0.119. The molecule has 8 atom stereocenters. The zero-order chi connectivity index (χ0) is 37.9. The molecule has 10 nitrogen and oxygen atoms in total. The Bertz CT molecular complexity index is 1280. The highest BCUT2D eigenvalue weighted by Gasteiger charge is 2.42. The Balaban J connectivity index is 2.26. The van der Waals surface area contributed by atoms with Gasteiger partial charge in [0, 0.05) is 46.1 Å². The summed E-state index contributed by atoms with van der Waals surface area (Å²) >= 11 is 5.84. The number of ketones is 1. The minimum Gasteiger partial charge on any atom is -0.511 e. The molecule has 11 heteroatoms. The first kappa shape index (κ1) is 43.3. The molecule has 0 radical (unpaired) electrons. The molecule has 1 aromatic rings. The molecule has 0 aliphatic carbocycles. The molecule has 4 N–H and O–H groups in total. The second-order valence-corrected chi connectivity index (χ2v) is 15.5. The number of benzene rings is 1. The van der Waals surface area contributed by atoms with E-state index in [1.807, 2.05) is 56.0 Å². The molecule has 0 aromatic heterocycles. The van der Waals surface area contributed by atoms with E-state index < -0.39 is 35.7 Å². The maximum Gasteiger partial charge on any atom is 0.226 e. The average Bonchev–Trinajstić information content (AvgIpc) is 3.55. The van der Waals surface area contributed by atoms with Crippen LogP contribution in [0.4, 0.5) is 0 Å². The highest BCUT2D eigenvalue weighted by molar-refractivity contribution is 7.80. The summed E-state index contributed by atoms with van der Waals surface area (Å²) in [6.45, 7) is 17.6. The summed E-state index contributed by atoms with van der Waals surface area (Å²) in [6, 6.07) is 8.73. The number of carbonyl (C=O) groups excluding carboxylic acids is 3. The Kier molecular flexibility index (Phi) is 17.0. The number of rotatable bonds is 20. The predicted molar refractivity (Wildman–Crippen MR) is 204 cm³/mol. The zero-order valence-electron chi connectivity index (χ0n) is 32.1. The number of likely N-dealkylation sites (N-methyl/N-ethyl adjacent to an activating group) is 1. The monoisotopic (exact) mass is 716 g/mol. The normalized spacial score (nSPS) is 19.2. The number of aliphatic hydroxyl groups excluding tert-OH is 1. The summed E-state index contributed by atoms with van der Waals surface area (Å²) in [4.78, 5) is 45.2. The number of methoxy groups -OCH3 is 2. The van der Waals surface area contributed by atoms with E-state index in [4.69, 9.17) is 27.4 Å². The summed E-state index contributed by atoms with van der Waals surface area (Å²) in [7, 11) is 4.97. The minimum atomic E-state index is -1.04. The minimum absolute atomic E-state index is 0.00510. The van der Waals surface area contributed by atoms with Crippen LogP contribution in [-0.4, -0.2) is 101 Å². The van der Waals surface area contributed by atoms with Gasteiger partial charge in [0.1, 0.15) is 5.76 Å². The number of likely N-dealkylation sites (tertiary alicyclic amines) is 1. The number of carbonyl (C=O) groups is 3. The van der Waals surface area contributed by atoms with Crippen molar-refractivity contribution in [3.63, 3.8) is 0 Å². The highest BCUT2D eigenvalue weighted by atomic mass is 32.1. The number of ether oxygens (including phenoxy) is 2. The lowest BCUT2D eigenvalue weighted by atomic mass is 9.83. The van der Waals surface area contributed by atoms with E-state index in [9.17, 15) is 19.5 Å². The van der Waals surface area contributed by atoms with Crippen molar-refractivity contribution in [3.05, 3.63) is 48.2 Å². The fourth-order valence-corrected chi connectivity index (χ4v) is 7.32. The van der Waals surface area contributed by atoms with Crippen LogP contribution < -0.4 is 11.1 Å². The number of amides is 2. The van der Waals surface area contributed by atoms with Crippen LogP contribution in [0, 0.1) is 23.7 Å². The Labute approximate surface area is 306 Å². The lowest BCUT2D eigenvalue weighted by Gasteiger charge is -2.41. The summed E-state index contributed by atoms with van der Waals surface area (Å²) in [5, 5.41) is 13.7.